The third-order valence-electron chi connectivity index (χ3n) is 3.96. The Balaban J connectivity index is 0.000000260. The molecule has 10 heteroatoms. The number of ether oxygens (including phenoxy) is 1. The number of hydrogen-bond donors (Lipinski definition) is 0. The van der Waals surface area contributed by atoms with E-state index in [4.69, 9.17) is 21.6 Å². The van der Waals surface area contributed by atoms with Crippen molar-refractivity contribution in [2.45, 2.75) is 19.3 Å². The Hall–Kier alpha value is -2.84. The summed E-state index contributed by atoms with van der Waals surface area (Å²) >= 11 is 7.16. The fourth-order valence-electron chi connectivity index (χ4n) is 2.36. The van der Waals surface area contributed by atoms with E-state index in [0.29, 0.717) is 28.5 Å². The SMILES string of the molecule is C(#CC1CC1)c1nn[c-]s1.COc1cnc(Cl)nc1-c1cc(CC#N)ccc1[C-]=O.[Ni+2]. The van der Waals surface area contributed by atoms with Gasteiger partial charge in [0.1, 0.15) is 0 Å². The molecule has 0 spiro atoms. The first-order chi connectivity index (χ1) is 14.6. The van der Waals surface area contributed by atoms with Gasteiger partial charge in [0.2, 0.25) is 5.28 Å². The van der Waals surface area contributed by atoms with Crippen LogP contribution in [0.4, 0.5) is 0 Å². The molecule has 0 aliphatic heterocycles. The van der Waals surface area contributed by atoms with Gasteiger partial charge in [-0.05, 0) is 24.4 Å². The number of rotatable bonds is 4. The van der Waals surface area contributed by atoms with E-state index in [2.05, 4.69) is 43.6 Å². The van der Waals surface area contributed by atoms with Crippen molar-refractivity contribution in [3.05, 3.63) is 51.3 Å². The molecule has 0 amide bonds. The van der Waals surface area contributed by atoms with Crippen LogP contribution in [-0.4, -0.2) is 33.6 Å². The molecule has 0 unspecified atom stereocenters. The topological polar surface area (TPSA) is 102 Å². The van der Waals surface area contributed by atoms with Gasteiger partial charge in [-0.1, -0.05) is 16.6 Å². The van der Waals surface area contributed by atoms with Crippen LogP contribution in [0.3, 0.4) is 0 Å². The molecule has 2 aromatic heterocycles. The molecule has 4 rings (SSSR count). The molecule has 3 aromatic rings. The van der Waals surface area contributed by atoms with Gasteiger partial charge in [0.15, 0.2) is 5.75 Å². The Bertz CT molecular complexity index is 1130. The second-order valence-electron chi connectivity index (χ2n) is 6.12. The number of halogens is 1. The number of carbonyl (C=O) groups excluding carboxylic acids is 1. The first kappa shape index (κ1) is 24.4. The van der Waals surface area contributed by atoms with Crippen LogP contribution in [0.2, 0.25) is 5.28 Å². The molecule has 0 bridgehead atoms. The standard InChI is InChI=1S/C14H9ClN3O2.C7H5N2S.Ni/c1-20-12-7-17-14(15)18-13(12)11-6-9(4-5-16)2-3-10(11)8-19;1-2-6(1)3-4-7-9-8-5-10-7;/h2-3,6-7H,4H2,1H3;6H,1-2H2;/q2*-1;+2. The maximum absolute atomic E-state index is 11.0. The molecule has 1 saturated carbocycles. The van der Waals surface area contributed by atoms with E-state index >= 15 is 0 Å². The van der Waals surface area contributed by atoms with Crippen LogP contribution in [0, 0.1) is 34.6 Å². The molecule has 1 aliphatic rings. The van der Waals surface area contributed by atoms with Crippen molar-refractivity contribution in [3.63, 3.8) is 0 Å². The Morgan fingerprint density at radius 2 is 2.23 bits per heavy atom. The van der Waals surface area contributed by atoms with Gasteiger partial charge < -0.3 is 20.9 Å². The number of aromatic nitrogens is 4. The monoisotopic (exact) mass is 493 g/mol. The molecule has 158 valence electrons. The van der Waals surface area contributed by atoms with Gasteiger partial charge in [-0.3, -0.25) is 5.10 Å². The summed E-state index contributed by atoms with van der Waals surface area (Å²) in [6.07, 6.45) is 6.02. The van der Waals surface area contributed by atoms with Gasteiger partial charge in [0, 0.05) is 10.9 Å². The van der Waals surface area contributed by atoms with E-state index in [-0.39, 0.29) is 28.2 Å². The summed E-state index contributed by atoms with van der Waals surface area (Å²) in [4.78, 5) is 19.0. The molecule has 0 saturated heterocycles. The van der Waals surface area contributed by atoms with Crippen LogP contribution in [0.25, 0.3) is 11.3 Å². The van der Waals surface area contributed by atoms with Crippen LogP contribution in [0.15, 0.2) is 24.4 Å². The number of methoxy groups -OCH3 is 1. The molecular weight excluding hydrogens is 480 g/mol. The summed E-state index contributed by atoms with van der Waals surface area (Å²) in [7, 11) is 1.47. The van der Waals surface area contributed by atoms with E-state index < -0.39 is 0 Å². The van der Waals surface area contributed by atoms with Crippen molar-refractivity contribution in [2.24, 2.45) is 5.92 Å². The van der Waals surface area contributed by atoms with Gasteiger partial charge >= 0.3 is 16.5 Å². The zero-order chi connectivity index (χ0) is 21.3. The quantitative estimate of drug-likeness (QED) is 0.237. The normalized spacial score (nSPS) is 11.5. The van der Waals surface area contributed by atoms with E-state index in [1.54, 1.807) is 18.2 Å². The Morgan fingerprint density at radius 1 is 1.42 bits per heavy atom. The molecule has 1 aromatic carbocycles. The van der Waals surface area contributed by atoms with Crippen molar-refractivity contribution < 1.29 is 26.0 Å². The van der Waals surface area contributed by atoms with Crippen molar-refractivity contribution >= 4 is 29.2 Å². The maximum atomic E-state index is 11.0. The first-order valence-corrected chi connectivity index (χ1v) is 10.00. The minimum absolute atomic E-state index is 0. The van der Waals surface area contributed by atoms with Gasteiger partial charge in [0.05, 0.1) is 37.8 Å². The fourth-order valence-corrected chi connectivity index (χ4v) is 2.85. The zero-order valence-corrected chi connectivity index (χ0v) is 18.7. The number of benzene rings is 1. The average molecular weight is 495 g/mol. The summed E-state index contributed by atoms with van der Waals surface area (Å²) in [6.45, 7) is 0. The summed E-state index contributed by atoms with van der Waals surface area (Å²) in [5, 5.41) is 16.9. The molecule has 0 atom stereocenters. The summed E-state index contributed by atoms with van der Waals surface area (Å²) < 4.78 is 5.18. The molecule has 31 heavy (non-hydrogen) atoms. The molecule has 1 fully saturated rings. The van der Waals surface area contributed by atoms with Gasteiger partial charge in [-0.15, -0.1) is 29.5 Å². The minimum atomic E-state index is 0. The second-order valence-corrected chi connectivity index (χ2v) is 7.23. The van der Waals surface area contributed by atoms with Crippen molar-refractivity contribution in [1.82, 2.24) is 20.2 Å². The molecule has 1 aliphatic carbocycles. The minimum Gasteiger partial charge on any atom is -0.494 e. The number of hydrogen-bond acceptors (Lipinski definition) is 8. The Kier molecular flexibility index (Phi) is 9.56. The summed E-state index contributed by atoms with van der Waals surface area (Å²) in [6, 6.07) is 7.03. The molecule has 0 radical (unpaired) electrons. The third kappa shape index (κ3) is 7.12. The molecule has 7 nitrogen and oxygen atoms in total. The third-order valence-corrected chi connectivity index (χ3v) is 4.69. The summed E-state index contributed by atoms with van der Waals surface area (Å²) in [5.74, 6) is 7.08. The fraction of sp³-hybridized carbons (Fsp3) is 0.238. The van der Waals surface area contributed by atoms with E-state index in [9.17, 15) is 4.79 Å². The smallest absolute Gasteiger partial charge is 0.494 e. The Labute approximate surface area is 198 Å². The van der Waals surface area contributed by atoms with Crippen LogP contribution in [0.5, 0.6) is 5.75 Å². The summed E-state index contributed by atoms with van der Waals surface area (Å²) in [5.41, 5.74) is 4.64. The van der Waals surface area contributed by atoms with Gasteiger partial charge in [0.25, 0.3) is 0 Å². The predicted molar refractivity (Wildman–Crippen MR) is 111 cm³/mol. The van der Waals surface area contributed by atoms with Crippen LogP contribution >= 0.6 is 22.9 Å². The largest absolute Gasteiger partial charge is 2.00 e. The van der Waals surface area contributed by atoms with E-state index in [1.165, 1.54) is 37.5 Å². The predicted octanol–water partition coefficient (Wildman–Crippen LogP) is 3.43. The van der Waals surface area contributed by atoms with Gasteiger partial charge in [-0.25, -0.2) is 15.1 Å². The van der Waals surface area contributed by atoms with Crippen molar-refractivity contribution in [2.75, 3.05) is 7.11 Å². The zero-order valence-electron chi connectivity index (χ0n) is 16.2. The van der Waals surface area contributed by atoms with Crippen LogP contribution < -0.4 is 4.74 Å². The van der Waals surface area contributed by atoms with Gasteiger partial charge in [-0.2, -0.15) is 11.3 Å². The Morgan fingerprint density at radius 3 is 2.84 bits per heavy atom. The molecule has 0 N–H and O–H groups in total. The van der Waals surface area contributed by atoms with Crippen molar-refractivity contribution in [1.29, 1.82) is 5.26 Å². The number of nitrogens with zero attached hydrogens (tertiary/aromatic N) is 5. The van der Waals surface area contributed by atoms with E-state index in [1.807, 2.05) is 6.29 Å². The van der Waals surface area contributed by atoms with Crippen LogP contribution in [0.1, 0.15) is 29.0 Å². The van der Waals surface area contributed by atoms with Crippen LogP contribution in [-0.2, 0) is 27.7 Å². The maximum Gasteiger partial charge on any atom is 2.00 e. The molecule has 2 heterocycles. The van der Waals surface area contributed by atoms with E-state index in [0.717, 1.165) is 10.6 Å². The first-order valence-electron chi connectivity index (χ1n) is 8.80. The second kappa shape index (κ2) is 12.1. The average Bonchev–Trinajstić information content (AvgIpc) is 3.45. The van der Waals surface area contributed by atoms with Crippen molar-refractivity contribution in [3.8, 4) is 34.9 Å². The molecular formula is C21H14ClN5NiO2S. The number of nitriles is 1.